The highest BCUT2D eigenvalue weighted by atomic mass is 32.1. The normalized spacial score (nSPS) is 15.0. The molecular formula is C22H23N7S. The van der Waals surface area contributed by atoms with Crippen LogP contribution in [0.2, 0.25) is 0 Å². The molecule has 152 valence electrons. The summed E-state index contributed by atoms with van der Waals surface area (Å²) < 4.78 is 6.60. The van der Waals surface area contributed by atoms with Gasteiger partial charge >= 0.3 is 0 Å². The lowest BCUT2D eigenvalue weighted by Gasteiger charge is -2.25. The van der Waals surface area contributed by atoms with Crippen molar-refractivity contribution >= 4 is 39.2 Å². The monoisotopic (exact) mass is 417 g/mol. The van der Waals surface area contributed by atoms with Gasteiger partial charge in [-0.15, -0.1) is 0 Å². The van der Waals surface area contributed by atoms with Gasteiger partial charge in [-0.05, 0) is 37.1 Å². The first kappa shape index (κ1) is 18.8. The Balaban J connectivity index is 1.55. The molecule has 0 amide bonds. The van der Waals surface area contributed by atoms with Crippen LogP contribution >= 0.6 is 11.5 Å². The number of anilines is 2. The molecule has 0 atom stereocenters. The molecule has 0 bridgehead atoms. The summed E-state index contributed by atoms with van der Waals surface area (Å²) in [6.07, 6.45) is 1.90. The minimum Gasteiger partial charge on any atom is -0.356 e. The maximum Gasteiger partial charge on any atom is 0.205 e. The van der Waals surface area contributed by atoms with E-state index in [1.54, 1.807) is 0 Å². The fourth-order valence-electron chi connectivity index (χ4n) is 4.16. The van der Waals surface area contributed by atoms with Crippen molar-refractivity contribution in [3.63, 3.8) is 0 Å². The van der Waals surface area contributed by atoms with E-state index >= 15 is 0 Å². The van der Waals surface area contributed by atoms with Crippen LogP contribution in [0.25, 0.3) is 16.7 Å². The molecule has 30 heavy (non-hydrogen) atoms. The molecule has 0 spiro atoms. The van der Waals surface area contributed by atoms with E-state index < -0.39 is 0 Å². The average Bonchev–Trinajstić information content (AvgIpc) is 3.31. The number of aryl methyl sites for hydroxylation is 2. The number of rotatable bonds is 3. The molecular weight excluding hydrogens is 394 g/mol. The van der Waals surface area contributed by atoms with E-state index in [0.717, 1.165) is 78.0 Å². The fourth-order valence-corrected chi connectivity index (χ4v) is 4.96. The van der Waals surface area contributed by atoms with Crippen LogP contribution in [0.1, 0.15) is 30.3 Å². The molecule has 0 N–H and O–H groups in total. The van der Waals surface area contributed by atoms with Gasteiger partial charge in [0.25, 0.3) is 0 Å². The van der Waals surface area contributed by atoms with Crippen molar-refractivity contribution in [1.29, 1.82) is 5.26 Å². The van der Waals surface area contributed by atoms with Crippen molar-refractivity contribution < 1.29 is 0 Å². The number of nitrogens with zero attached hydrogens (tertiary/aromatic N) is 7. The van der Waals surface area contributed by atoms with Gasteiger partial charge < -0.3 is 9.80 Å². The predicted molar refractivity (Wildman–Crippen MR) is 120 cm³/mol. The second kappa shape index (κ2) is 7.58. The molecule has 4 aromatic rings. The SMILES string of the molecule is CCc1nsc(N2CCCN(c3cc(C)c(C#N)c4nc5ccccc5n34)CC2)n1. The molecule has 5 rings (SSSR count). The average molecular weight is 418 g/mol. The van der Waals surface area contributed by atoms with E-state index in [2.05, 4.69) is 48.7 Å². The summed E-state index contributed by atoms with van der Waals surface area (Å²) in [7, 11) is 0. The van der Waals surface area contributed by atoms with Crippen molar-refractivity contribution in [2.24, 2.45) is 0 Å². The summed E-state index contributed by atoms with van der Waals surface area (Å²) in [6, 6.07) is 12.6. The molecule has 0 aliphatic carbocycles. The second-order valence-electron chi connectivity index (χ2n) is 7.61. The van der Waals surface area contributed by atoms with Gasteiger partial charge in [0.15, 0.2) is 5.65 Å². The van der Waals surface area contributed by atoms with Gasteiger partial charge in [-0.1, -0.05) is 19.1 Å². The van der Waals surface area contributed by atoms with Crippen LogP contribution in [0.5, 0.6) is 0 Å². The topological polar surface area (TPSA) is 73.4 Å². The van der Waals surface area contributed by atoms with E-state index in [1.807, 2.05) is 25.1 Å². The van der Waals surface area contributed by atoms with Crippen molar-refractivity contribution in [3.05, 3.63) is 47.3 Å². The van der Waals surface area contributed by atoms with Crippen LogP contribution in [-0.4, -0.2) is 44.9 Å². The fraction of sp³-hybridized carbons (Fsp3) is 0.364. The van der Waals surface area contributed by atoms with Crippen LogP contribution in [-0.2, 0) is 6.42 Å². The maximum atomic E-state index is 9.74. The highest BCUT2D eigenvalue weighted by Crippen LogP contribution is 2.30. The zero-order valence-electron chi connectivity index (χ0n) is 17.2. The summed E-state index contributed by atoms with van der Waals surface area (Å²) in [4.78, 5) is 14.2. The van der Waals surface area contributed by atoms with Gasteiger partial charge in [-0.2, -0.15) is 9.64 Å². The molecule has 7 nitrogen and oxygen atoms in total. The van der Waals surface area contributed by atoms with Crippen molar-refractivity contribution in [2.75, 3.05) is 36.0 Å². The van der Waals surface area contributed by atoms with Gasteiger partial charge in [0.2, 0.25) is 5.13 Å². The molecule has 8 heteroatoms. The third-order valence-electron chi connectivity index (χ3n) is 5.73. The van der Waals surface area contributed by atoms with Gasteiger partial charge in [0.05, 0.1) is 16.6 Å². The Bertz CT molecular complexity index is 1270. The van der Waals surface area contributed by atoms with Crippen molar-refractivity contribution in [1.82, 2.24) is 18.7 Å². The Morgan fingerprint density at radius 1 is 1.10 bits per heavy atom. The van der Waals surface area contributed by atoms with E-state index in [-0.39, 0.29) is 0 Å². The Labute approximate surface area is 179 Å². The van der Waals surface area contributed by atoms with Crippen LogP contribution in [0, 0.1) is 18.3 Å². The number of hydrogen-bond acceptors (Lipinski definition) is 7. The van der Waals surface area contributed by atoms with Crippen molar-refractivity contribution in [3.8, 4) is 6.07 Å². The standard InChI is InChI=1S/C22H23N7S/c1-3-19-25-22(30-26-19)28-10-6-9-27(11-12-28)20-13-15(2)16(14-23)21-24-17-7-4-5-8-18(17)29(20)21/h4-5,7-8,13H,3,6,9-12H2,1-2H3. The Morgan fingerprint density at radius 3 is 2.70 bits per heavy atom. The third kappa shape index (κ3) is 3.06. The molecule has 1 aromatic carbocycles. The summed E-state index contributed by atoms with van der Waals surface area (Å²) in [5.74, 6) is 2.02. The number of imidazole rings is 1. The summed E-state index contributed by atoms with van der Waals surface area (Å²) in [5.41, 5.74) is 4.31. The molecule has 0 radical (unpaired) electrons. The molecule has 1 fully saturated rings. The Morgan fingerprint density at radius 2 is 1.90 bits per heavy atom. The number of benzene rings is 1. The van der Waals surface area contributed by atoms with E-state index in [1.165, 1.54) is 11.5 Å². The van der Waals surface area contributed by atoms with Gasteiger partial charge in [-0.3, -0.25) is 4.40 Å². The quantitative estimate of drug-likeness (QED) is 0.505. The first-order valence-corrected chi connectivity index (χ1v) is 11.1. The third-order valence-corrected chi connectivity index (χ3v) is 6.54. The summed E-state index contributed by atoms with van der Waals surface area (Å²) >= 11 is 1.50. The van der Waals surface area contributed by atoms with Crippen LogP contribution in [0.4, 0.5) is 10.9 Å². The number of aromatic nitrogens is 4. The minimum absolute atomic E-state index is 0.646. The van der Waals surface area contributed by atoms with Crippen molar-refractivity contribution in [2.45, 2.75) is 26.7 Å². The molecule has 1 aliphatic heterocycles. The molecule has 0 unspecified atom stereocenters. The van der Waals surface area contributed by atoms with E-state index in [0.29, 0.717) is 5.56 Å². The Kier molecular flexibility index (Phi) is 4.75. The summed E-state index contributed by atoms with van der Waals surface area (Å²) in [5, 5.41) is 10.8. The molecule has 0 saturated carbocycles. The lowest BCUT2D eigenvalue weighted by Crippen LogP contribution is -2.31. The first-order chi connectivity index (χ1) is 14.7. The molecule has 3 aromatic heterocycles. The number of para-hydroxylation sites is 2. The Hall–Kier alpha value is -3.18. The van der Waals surface area contributed by atoms with Crippen LogP contribution in [0.3, 0.4) is 0 Å². The second-order valence-corrected chi connectivity index (χ2v) is 8.34. The van der Waals surface area contributed by atoms with Crippen LogP contribution < -0.4 is 9.80 Å². The lowest BCUT2D eigenvalue weighted by molar-refractivity contribution is 0.792. The van der Waals surface area contributed by atoms with Gasteiger partial charge in [0, 0.05) is 44.1 Å². The van der Waals surface area contributed by atoms with E-state index in [9.17, 15) is 5.26 Å². The zero-order valence-corrected chi connectivity index (χ0v) is 18.0. The number of nitriles is 1. The predicted octanol–water partition coefficient (Wildman–Crippen LogP) is 3.80. The van der Waals surface area contributed by atoms with Crippen LogP contribution in [0.15, 0.2) is 30.3 Å². The summed E-state index contributed by atoms with van der Waals surface area (Å²) in [6.45, 7) is 7.78. The largest absolute Gasteiger partial charge is 0.356 e. The highest BCUT2D eigenvalue weighted by molar-refractivity contribution is 7.09. The molecule has 1 saturated heterocycles. The lowest BCUT2D eigenvalue weighted by atomic mass is 10.1. The zero-order chi connectivity index (χ0) is 20.7. The highest BCUT2D eigenvalue weighted by Gasteiger charge is 2.22. The molecule has 1 aliphatic rings. The maximum absolute atomic E-state index is 9.74. The number of hydrogen-bond donors (Lipinski definition) is 0. The van der Waals surface area contributed by atoms with E-state index in [4.69, 9.17) is 4.98 Å². The number of fused-ring (bicyclic) bond motifs is 3. The molecule has 4 heterocycles. The first-order valence-electron chi connectivity index (χ1n) is 10.3. The van der Waals surface area contributed by atoms with Gasteiger partial charge in [-0.25, -0.2) is 9.97 Å². The minimum atomic E-state index is 0.646. The van der Waals surface area contributed by atoms with Gasteiger partial charge in [0.1, 0.15) is 17.7 Å². The number of pyridine rings is 1. The smallest absolute Gasteiger partial charge is 0.205 e.